The highest BCUT2D eigenvalue weighted by Crippen LogP contribution is 2.31. The lowest BCUT2D eigenvalue weighted by molar-refractivity contribution is 0.128. The summed E-state index contributed by atoms with van der Waals surface area (Å²) in [7, 11) is -2.88. The smallest absolute Gasteiger partial charge is 0.150 e. The quantitative estimate of drug-likeness (QED) is 0.746. The summed E-state index contributed by atoms with van der Waals surface area (Å²) in [6, 6.07) is 0. The molecule has 0 aromatic carbocycles. The Balaban J connectivity index is 1.89. The molecule has 0 N–H and O–H groups in total. The van der Waals surface area contributed by atoms with Crippen molar-refractivity contribution in [2.45, 2.75) is 58.3 Å². The molecule has 4 heteroatoms. The maximum Gasteiger partial charge on any atom is 0.150 e. The highest BCUT2D eigenvalue weighted by atomic mass is 32.2. The van der Waals surface area contributed by atoms with E-state index < -0.39 is 9.84 Å². The Labute approximate surface area is 117 Å². The maximum absolute atomic E-state index is 11.9. The molecule has 0 bridgehead atoms. The molecule has 1 heterocycles. The van der Waals surface area contributed by atoms with Crippen molar-refractivity contribution in [2.24, 2.45) is 5.41 Å². The monoisotopic (exact) mass is 286 g/mol. The van der Waals surface area contributed by atoms with Crippen LogP contribution >= 0.6 is 0 Å². The first-order valence-electron chi connectivity index (χ1n) is 7.49. The fraction of sp³-hybridized carbons (Fsp3) is 0.867. The Morgan fingerprint density at radius 3 is 2.63 bits per heavy atom. The van der Waals surface area contributed by atoms with Crippen LogP contribution in [-0.4, -0.2) is 26.5 Å². The molecule has 0 radical (unpaired) electrons. The molecular formula is C15H26O3S. The van der Waals surface area contributed by atoms with Gasteiger partial charge < -0.3 is 4.74 Å². The summed E-state index contributed by atoms with van der Waals surface area (Å²) in [6.45, 7) is 2.59. The molecule has 2 fully saturated rings. The van der Waals surface area contributed by atoms with E-state index in [1.165, 1.54) is 24.8 Å². The summed E-state index contributed by atoms with van der Waals surface area (Å²) in [5.74, 6) is 0.632. The van der Waals surface area contributed by atoms with Gasteiger partial charge in [0.15, 0.2) is 9.84 Å². The zero-order chi connectivity index (χ0) is 13.8. The van der Waals surface area contributed by atoms with Gasteiger partial charge in [-0.05, 0) is 44.1 Å². The van der Waals surface area contributed by atoms with Crippen LogP contribution in [0.4, 0.5) is 0 Å². The third-order valence-corrected chi connectivity index (χ3v) is 6.28. The minimum absolute atomic E-state index is 0.207. The maximum atomic E-state index is 11.9. The van der Waals surface area contributed by atoms with Crippen LogP contribution in [0.15, 0.2) is 11.8 Å². The Morgan fingerprint density at radius 2 is 1.89 bits per heavy atom. The van der Waals surface area contributed by atoms with Crippen molar-refractivity contribution in [3.8, 4) is 0 Å². The fourth-order valence-electron chi connectivity index (χ4n) is 3.15. The first-order chi connectivity index (χ1) is 8.99. The van der Waals surface area contributed by atoms with Crippen molar-refractivity contribution in [3.05, 3.63) is 11.8 Å². The summed E-state index contributed by atoms with van der Waals surface area (Å²) in [5, 5.41) is 0. The number of sulfone groups is 1. The topological polar surface area (TPSA) is 43.4 Å². The van der Waals surface area contributed by atoms with E-state index in [1.54, 1.807) is 0 Å². The minimum atomic E-state index is -2.88. The molecule has 19 heavy (non-hydrogen) atoms. The van der Waals surface area contributed by atoms with Gasteiger partial charge in [-0.25, -0.2) is 8.42 Å². The average molecular weight is 286 g/mol. The van der Waals surface area contributed by atoms with E-state index in [4.69, 9.17) is 4.74 Å². The van der Waals surface area contributed by atoms with Gasteiger partial charge in [0.2, 0.25) is 0 Å². The van der Waals surface area contributed by atoms with Gasteiger partial charge in [-0.15, -0.1) is 0 Å². The van der Waals surface area contributed by atoms with Crippen LogP contribution in [0.5, 0.6) is 0 Å². The van der Waals surface area contributed by atoms with E-state index in [0.29, 0.717) is 12.4 Å². The minimum Gasteiger partial charge on any atom is -0.501 e. The second kappa shape index (κ2) is 6.29. The highest BCUT2D eigenvalue weighted by molar-refractivity contribution is 7.91. The first kappa shape index (κ1) is 14.9. The van der Waals surface area contributed by atoms with Crippen LogP contribution in [0.25, 0.3) is 0 Å². The van der Waals surface area contributed by atoms with Gasteiger partial charge in [0.1, 0.15) is 0 Å². The van der Waals surface area contributed by atoms with Gasteiger partial charge in [-0.2, -0.15) is 0 Å². The molecule has 1 atom stereocenters. The van der Waals surface area contributed by atoms with E-state index >= 15 is 0 Å². The third kappa shape index (κ3) is 4.83. The molecule has 110 valence electrons. The van der Waals surface area contributed by atoms with Crippen LogP contribution < -0.4 is 0 Å². The zero-order valence-electron chi connectivity index (χ0n) is 12.0. The van der Waals surface area contributed by atoms with E-state index in [-0.39, 0.29) is 11.2 Å². The molecule has 0 aromatic rings. The molecule has 1 unspecified atom stereocenters. The molecule has 2 rings (SSSR count). The molecule has 3 nitrogen and oxygen atoms in total. The number of hydrogen-bond acceptors (Lipinski definition) is 3. The van der Waals surface area contributed by atoms with E-state index in [0.717, 1.165) is 32.1 Å². The van der Waals surface area contributed by atoms with Crippen molar-refractivity contribution >= 4 is 9.84 Å². The lowest BCUT2D eigenvalue weighted by Gasteiger charge is -2.26. The van der Waals surface area contributed by atoms with Crippen LogP contribution in [-0.2, 0) is 14.6 Å². The molecule has 1 aliphatic carbocycles. The second-order valence-electron chi connectivity index (χ2n) is 6.51. The van der Waals surface area contributed by atoms with E-state index in [9.17, 15) is 8.42 Å². The molecular weight excluding hydrogens is 260 g/mol. The average Bonchev–Trinajstić information content (AvgIpc) is 2.48. The molecule has 2 aliphatic rings. The van der Waals surface area contributed by atoms with Gasteiger partial charge in [-0.1, -0.05) is 19.8 Å². The number of allylic oxidation sites excluding steroid dienone is 1. The zero-order valence-corrected chi connectivity index (χ0v) is 12.8. The summed E-state index contributed by atoms with van der Waals surface area (Å²) in [4.78, 5) is 0. The summed E-state index contributed by atoms with van der Waals surface area (Å²) >= 11 is 0. The predicted octanol–water partition coefficient (Wildman–Crippen LogP) is 3.46. The fourth-order valence-corrected chi connectivity index (χ4v) is 5.23. The lowest BCUT2D eigenvalue weighted by Crippen LogP contribution is -2.30. The molecule has 1 saturated carbocycles. The highest BCUT2D eigenvalue weighted by Gasteiger charge is 2.33. The number of rotatable bonds is 3. The normalized spacial score (nSPS) is 31.5. The van der Waals surface area contributed by atoms with Crippen molar-refractivity contribution in [1.82, 2.24) is 0 Å². The Morgan fingerprint density at radius 1 is 1.16 bits per heavy atom. The van der Waals surface area contributed by atoms with E-state index in [2.05, 4.69) is 6.92 Å². The van der Waals surface area contributed by atoms with Gasteiger partial charge in [0, 0.05) is 5.41 Å². The Kier molecular flexibility index (Phi) is 4.93. The van der Waals surface area contributed by atoms with Crippen LogP contribution in [0.3, 0.4) is 0 Å². The van der Waals surface area contributed by atoms with Crippen LogP contribution in [0, 0.1) is 5.41 Å². The molecule has 1 aliphatic heterocycles. The van der Waals surface area contributed by atoms with Gasteiger partial charge in [0.25, 0.3) is 0 Å². The summed E-state index contributed by atoms with van der Waals surface area (Å²) < 4.78 is 29.5. The third-order valence-electron chi connectivity index (χ3n) is 4.23. The Bertz CT molecular complexity index is 417. The molecule has 0 aromatic heterocycles. The number of ether oxygens (including phenoxy) is 1. The van der Waals surface area contributed by atoms with Gasteiger partial charge >= 0.3 is 0 Å². The van der Waals surface area contributed by atoms with Crippen LogP contribution in [0.1, 0.15) is 58.3 Å². The van der Waals surface area contributed by atoms with Gasteiger partial charge in [0.05, 0.1) is 24.4 Å². The van der Waals surface area contributed by atoms with Gasteiger partial charge in [-0.3, -0.25) is 0 Å². The number of hydrogen-bond donors (Lipinski definition) is 0. The second-order valence-corrected chi connectivity index (χ2v) is 8.69. The summed E-state index contributed by atoms with van der Waals surface area (Å²) in [6.07, 6.45) is 10.8. The molecule has 0 amide bonds. The standard InChI is InChI=1S/C15H26O3S/c1-15(9-5-6-10-19(16,17)13-15)12-18-11-14-7-3-2-4-8-14/h11H,2-10,12-13H2,1H3. The first-order valence-corrected chi connectivity index (χ1v) is 9.31. The largest absolute Gasteiger partial charge is 0.501 e. The molecule has 0 spiro atoms. The van der Waals surface area contributed by atoms with Crippen molar-refractivity contribution in [1.29, 1.82) is 0 Å². The summed E-state index contributed by atoms with van der Waals surface area (Å²) in [5.41, 5.74) is 1.19. The SMILES string of the molecule is CC1(COC=C2CCCCC2)CCCCS(=O)(=O)C1. The molecule has 1 saturated heterocycles. The van der Waals surface area contributed by atoms with E-state index in [1.807, 2.05) is 6.26 Å². The predicted molar refractivity (Wildman–Crippen MR) is 77.7 cm³/mol. The van der Waals surface area contributed by atoms with Crippen LogP contribution in [0.2, 0.25) is 0 Å². The lowest BCUT2D eigenvalue weighted by atomic mass is 9.88. The Hall–Kier alpha value is -0.510. The van der Waals surface area contributed by atoms with Crippen molar-refractivity contribution in [3.63, 3.8) is 0 Å². The van der Waals surface area contributed by atoms with Crippen molar-refractivity contribution in [2.75, 3.05) is 18.1 Å². The van der Waals surface area contributed by atoms with Crippen molar-refractivity contribution < 1.29 is 13.2 Å².